The predicted octanol–water partition coefficient (Wildman–Crippen LogP) is 0.504. The molecule has 5 nitrogen and oxygen atoms in total. The number of benzene rings is 1. The molecule has 1 heterocycles. The van der Waals surface area contributed by atoms with Gasteiger partial charge in [-0.05, 0) is 24.6 Å². The Morgan fingerprint density at radius 1 is 1.32 bits per heavy atom. The highest BCUT2D eigenvalue weighted by molar-refractivity contribution is 7.91. The molecule has 2 N–H and O–H groups in total. The number of nitrogens with one attached hydrogen (secondary N) is 1. The van der Waals surface area contributed by atoms with E-state index in [0.29, 0.717) is 0 Å². The molecule has 1 saturated heterocycles. The number of hydrogen-bond donors (Lipinski definition) is 2. The zero-order valence-electron chi connectivity index (χ0n) is 11.0. The van der Waals surface area contributed by atoms with E-state index in [1.165, 1.54) is 0 Å². The van der Waals surface area contributed by atoms with Gasteiger partial charge < -0.3 is 15.2 Å². The summed E-state index contributed by atoms with van der Waals surface area (Å²) in [5, 5.41) is 12.9. The zero-order valence-corrected chi connectivity index (χ0v) is 11.9. The maximum Gasteiger partial charge on any atom is 0.154 e. The Labute approximate surface area is 113 Å². The molecule has 1 aromatic rings. The lowest BCUT2D eigenvalue weighted by Gasteiger charge is -2.21. The highest BCUT2D eigenvalue weighted by Gasteiger charge is 2.36. The molecule has 106 valence electrons. The van der Waals surface area contributed by atoms with Gasteiger partial charge in [-0.2, -0.15) is 0 Å². The van der Waals surface area contributed by atoms with Crippen LogP contribution in [-0.2, 0) is 9.84 Å². The summed E-state index contributed by atoms with van der Waals surface area (Å²) < 4.78 is 28.0. The molecule has 1 aromatic carbocycles. The average molecular weight is 285 g/mol. The number of aliphatic hydroxyl groups excluding tert-OH is 1. The van der Waals surface area contributed by atoms with E-state index in [2.05, 4.69) is 5.32 Å². The Hall–Kier alpha value is -1.11. The Kier molecular flexibility index (Phi) is 4.13. The molecule has 0 amide bonds. The fourth-order valence-electron chi connectivity index (χ4n) is 2.30. The van der Waals surface area contributed by atoms with Crippen molar-refractivity contribution in [3.63, 3.8) is 0 Å². The van der Waals surface area contributed by atoms with Gasteiger partial charge in [0.1, 0.15) is 5.75 Å². The molecule has 1 aliphatic heterocycles. The van der Waals surface area contributed by atoms with Crippen molar-refractivity contribution in [3.05, 3.63) is 29.8 Å². The van der Waals surface area contributed by atoms with E-state index < -0.39 is 22.0 Å². The van der Waals surface area contributed by atoms with Crippen LogP contribution in [0, 0.1) is 0 Å². The second-order valence-corrected chi connectivity index (χ2v) is 7.07. The van der Waals surface area contributed by atoms with E-state index in [1.807, 2.05) is 31.2 Å². The molecule has 19 heavy (non-hydrogen) atoms. The van der Waals surface area contributed by atoms with Crippen LogP contribution in [0.1, 0.15) is 18.5 Å². The Morgan fingerprint density at radius 3 is 2.42 bits per heavy atom. The van der Waals surface area contributed by atoms with Crippen molar-refractivity contribution in [1.82, 2.24) is 5.32 Å². The van der Waals surface area contributed by atoms with Crippen molar-refractivity contribution in [2.45, 2.75) is 25.1 Å². The van der Waals surface area contributed by atoms with E-state index in [1.54, 1.807) is 7.11 Å². The van der Waals surface area contributed by atoms with Crippen LogP contribution < -0.4 is 10.1 Å². The summed E-state index contributed by atoms with van der Waals surface area (Å²) in [7, 11) is -1.51. The first-order valence-electron chi connectivity index (χ1n) is 6.20. The summed E-state index contributed by atoms with van der Waals surface area (Å²) in [4.78, 5) is 0. The molecule has 0 bridgehead atoms. The van der Waals surface area contributed by atoms with E-state index in [-0.39, 0.29) is 17.5 Å². The number of methoxy groups -OCH3 is 1. The molecule has 0 aromatic heterocycles. The van der Waals surface area contributed by atoms with Crippen LogP contribution in [0.5, 0.6) is 5.75 Å². The molecule has 1 aliphatic rings. The van der Waals surface area contributed by atoms with E-state index in [4.69, 9.17) is 4.74 Å². The Balaban J connectivity index is 2.02. The van der Waals surface area contributed by atoms with Gasteiger partial charge in [0.05, 0.1) is 24.7 Å². The number of hydrogen-bond acceptors (Lipinski definition) is 5. The minimum atomic E-state index is -3.12. The Morgan fingerprint density at radius 2 is 1.95 bits per heavy atom. The SMILES string of the molecule is COc1ccc([C@H](C)NC2CS(=O)(=O)CC2O)cc1. The van der Waals surface area contributed by atoms with Crippen molar-refractivity contribution < 1.29 is 18.3 Å². The lowest BCUT2D eigenvalue weighted by atomic mass is 10.1. The van der Waals surface area contributed by atoms with Crippen LogP contribution in [0.25, 0.3) is 0 Å². The fraction of sp³-hybridized carbons (Fsp3) is 0.538. The van der Waals surface area contributed by atoms with Crippen molar-refractivity contribution in [2.24, 2.45) is 0 Å². The highest BCUT2D eigenvalue weighted by atomic mass is 32.2. The summed E-state index contributed by atoms with van der Waals surface area (Å²) in [5.74, 6) is 0.619. The second kappa shape index (κ2) is 5.48. The normalized spacial score (nSPS) is 27.1. The summed E-state index contributed by atoms with van der Waals surface area (Å²) in [6.07, 6.45) is -0.828. The average Bonchev–Trinajstić information content (AvgIpc) is 2.62. The summed E-state index contributed by atoms with van der Waals surface area (Å²) in [6, 6.07) is 7.13. The maximum absolute atomic E-state index is 11.4. The summed E-state index contributed by atoms with van der Waals surface area (Å²) in [6.45, 7) is 1.94. The van der Waals surface area contributed by atoms with Crippen LogP contribution in [0.2, 0.25) is 0 Å². The third-order valence-electron chi connectivity index (χ3n) is 3.40. The maximum atomic E-state index is 11.4. The van der Waals surface area contributed by atoms with Crippen LogP contribution in [0.3, 0.4) is 0 Å². The van der Waals surface area contributed by atoms with Gasteiger partial charge in [0.15, 0.2) is 9.84 Å². The first-order valence-corrected chi connectivity index (χ1v) is 8.02. The van der Waals surface area contributed by atoms with Gasteiger partial charge in [-0.3, -0.25) is 0 Å². The minimum Gasteiger partial charge on any atom is -0.497 e. The van der Waals surface area contributed by atoms with Crippen molar-refractivity contribution in [3.8, 4) is 5.75 Å². The summed E-state index contributed by atoms with van der Waals surface area (Å²) in [5.41, 5.74) is 1.03. The third-order valence-corrected chi connectivity index (χ3v) is 5.12. The van der Waals surface area contributed by atoms with Gasteiger partial charge >= 0.3 is 0 Å². The van der Waals surface area contributed by atoms with Gasteiger partial charge in [0, 0.05) is 12.1 Å². The van der Waals surface area contributed by atoms with Crippen molar-refractivity contribution in [2.75, 3.05) is 18.6 Å². The van der Waals surface area contributed by atoms with Crippen molar-refractivity contribution in [1.29, 1.82) is 0 Å². The molecule has 1 fully saturated rings. The van der Waals surface area contributed by atoms with E-state index in [9.17, 15) is 13.5 Å². The fourth-order valence-corrected chi connectivity index (χ4v) is 4.05. The van der Waals surface area contributed by atoms with E-state index in [0.717, 1.165) is 11.3 Å². The molecular formula is C13H19NO4S. The number of sulfone groups is 1. The van der Waals surface area contributed by atoms with E-state index >= 15 is 0 Å². The van der Waals surface area contributed by atoms with Gasteiger partial charge in [0.2, 0.25) is 0 Å². The highest BCUT2D eigenvalue weighted by Crippen LogP contribution is 2.20. The minimum absolute atomic E-state index is 0.00530. The predicted molar refractivity (Wildman–Crippen MR) is 73.0 cm³/mol. The van der Waals surface area contributed by atoms with Gasteiger partial charge in [-0.15, -0.1) is 0 Å². The lowest BCUT2D eigenvalue weighted by molar-refractivity contribution is 0.160. The number of ether oxygens (including phenoxy) is 1. The second-order valence-electron chi connectivity index (χ2n) is 4.91. The molecule has 0 aliphatic carbocycles. The van der Waals surface area contributed by atoms with Gasteiger partial charge in [-0.1, -0.05) is 12.1 Å². The van der Waals surface area contributed by atoms with Crippen LogP contribution in [-0.4, -0.2) is 44.3 Å². The summed E-state index contributed by atoms with van der Waals surface area (Å²) >= 11 is 0. The zero-order chi connectivity index (χ0) is 14.0. The lowest BCUT2D eigenvalue weighted by Crippen LogP contribution is -2.40. The largest absolute Gasteiger partial charge is 0.497 e. The molecule has 0 spiro atoms. The molecule has 2 rings (SSSR count). The molecule has 3 atom stereocenters. The first-order chi connectivity index (χ1) is 8.91. The topological polar surface area (TPSA) is 75.6 Å². The molecule has 0 radical (unpaired) electrons. The van der Waals surface area contributed by atoms with Gasteiger partial charge in [-0.25, -0.2) is 8.42 Å². The van der Waals surface area contributed by atoms with Crippen LogP contribution >= 0.6 is 0 Å². The number of aliphatic hydroxyl groups is 1. The number of rotatable bonds is 4. The molecule has 6 heteroatoms. The van der Waals surface area contributed by atoms with Crippen molar-refractivity contribution >= 4 is 9.84 Å². The smallest absolute Gasteiger partial charge is 0.154 e. The van der Waals surface area contributed by atoms with Gasteiger partial charge in [0.25, 0.3) is 0 Å². The molecule has 2 unspecified atom stereocenters. The third kappa shape index (κ3) is 3.46. The quantitative estimate of drug-likeness (QED) is 0.843. The standard InChI is InChI=1S/C13H19NO4S/c1-9(10-3-5-11(18-2)6-4-10)14-12-7-19(16,17)8-13(12)15/h3-6,9,12-15H,7-8H2,1-2H3/t9-,12?,13?/m0/s1. The van der Waals surface area contributed by atoms with Crippen LogP contribution in [0.15, 0.2) is 24.3 Å². The monoisotopic (exact) mass is 285 g/mol. The first kappa shape index (κ1) is 14.3. The Bertz CT molecular complexity index is 526. The molecule has 0 saturated carbocycles. The van der Waals surface area contributed by atoms with Crippen LogP contribution in [0.4, 0.5) is 0 Å². The molecular weight excluding hydrogens is 266 g/mol.